The molecule has 4 heteroatoms. The van der Waals surface area contributed by atoms with Crippen molar-refractivity contribution < 1.29 is 4.74 Å². The van der Waals surface area contributed by atoms with Gasteiger partial charge in [0.25, 0.3) is 0 Å². The third kappa shape index (κ3) is 3.95. The Bertz CT molecular complexity index is 367. The van der Waals surface area contributed by atoms with Crippen LogP contribution < -0.4 is 4.90 Å². The van der Waals surface area contributed by atoms with E-state index in [2.05, 4.69) is 52.7 Å². The van der Waals surface area contributed by atoms with E-state index >= 15 is 0 Å². The summed E-state index contributed by atoms with van der Waals surface area (Å²) in [5, 5.41) is 0. The van der Waals surface area contributed by atoms with E-state index in [-0.39, 0.29) is 0 Å². The number of hydrogen-bond donors (Lipinski definition) is 0. The Labute approximate surface area is 119 Å². The second-order valence-corrected chi connectivity index (χ2v) is 5.37. The first-order valence-corrected chi connectivity index (χ1v) is 7.31. The first kappa shape index (κ1) is 15.4. The summed E-state index contributed by atoms with van der Waals surface area (Å²) in [6, 6.07) is 2.64. The van der Waals surface area contributed by atoms with E-state index in [1.807, 2.05) is 6.20 Å². The summed E-state index contributed by atoms with van der Waals surface area (Å²) in [7, 11) is 1.74. The van der Waals surface area contributed by atoms with Crippen molar-refractivity contribution in [2.24, 2.45) is 0 Å². The van der Waals surface area contributed by atoms with Crippen LogP contribution in [0.4, 0.5) is 5.82 Å². The molecule has 3 nitrogen and oxygen atoms in total. The van der Waals surface area contributed by atoms with Gasteiger partial charge in [-0.3, -0.25) is 0 Å². The molecule has 0 saturated carbocycles. The molecular weight excluding hydrogens is 292 g/mol. The third-order valence-corrected chi connectivity index (χ3v) is 3.64. The molecule has 0 saturated heterocycles. The molecule has 0 fully saturated rings. The van der Waals surface area contributed by atoms with Gasteiger partial charge in [-0.1, -0.05) is 13.8 Å². The highest BCUT2D eigenvalue weighted by molar-refractivity contribution is 9.10. The zero-order chi connectivity index (χ0) is 13.5. The zero-order valence-corrected chi connectivity index (χ0v) is 13.3. The van der Waals surface area contributed by atoms with Crippen LogP contribution in [0.1, 0.15) is 32.3 Å². The fourth-order valence-corrected chi connectivity index (χ4v) is 2.66. The first-order valence-electron chi connectivity index (χ1n) is 6.51. The Morgan fingerprint density at radius 2 is 2.06 bits per heavy atom. The Kier molecular flexibility index (Phi) is 6.65. The maximum absolute atomic E-state index is 5.22. The second-order valence-electron chi connectivity index (χ2n) is 4.45. The van der Waals surface area contributed by atoms with Gasteiger partial charge in [-0.05, 0) is 47.3 Å². The van der Waals surface area contributed by atoms with Gasteiger partial charge in [-0.2, -0.15) is 0 Å². The van der Waals surface area contributed by atoms with Gasteiger partial charge in [-0.15, -0.1) is 0 Å². The normalized spacial score (nSPS) is 11.0. The SMILES string of the molecule is CCC(CC)N(CCOC)c1ncc(Br)cc1C. The lowest BCUT2D eigenvalue weighted by molar-refractivity contribution is 0.202. The Balaban J connectivity index is 3.00. The van der Waals surface area contributed by atoms with Gasteiger partial charge in [0.05, 0.1) is 6.61 Å². The average molecular weight is 315 g/mol. The molecule has 0 aromatic carbocycles. The summed E-state index contributed by atoms with van der Waals surface area (Å²) in [5.41, 5.74) is 1.20. The van der Waals surface area contributed by atoms with Gasteiger partial charge in [0.15, 0.2) is 0 Å². The minimum atomic E-state index is 0.521. The fraction of sp³-hybridized carbons (Fsp3) is 0.643. The number of ether oxygens (including phenoxy) is 1. The molecule has 1 rings (SSSR count). The average Bonchev–Trinajstić information content (AvgIpc) is 2.35. The van der Waals surface area contributed by atoms with Gasteiger partial charge in [-0.25, -0.2) is 4.98 Å². The smallest absolute Gasteiger partial charge is 0.131 e. The molecule has 0 aliphatic rings. The predicted octanol–water partition coefficient (Wildman–Crippen LogP) is 3.79. The Morgan fingerprint density at radius 1 is 1.39 bits per heavy atom. The van der Waals surface area contributed by atoms with E-state index < -0.39 is 0 Å². The maximum Gasteiger partial charge on any atom is 0.131 e. The number of aryl methyl sites for hydroxylation is 1. The number of methoxy groups -OCH3 is 1. The molecule has 0 aliphatic heterocycles. The summed E-state index contributed by atoms with van der Waals surface area (Å²) >= 11 is 3.46. The van der Waals surface area contributed by atoms with Crippen molar-refractivity contribution >= 4 is 21.7 Å². The minimum absolute atomic E-state index is 0.521. The van der Waals surface area contributed by atoms with Gasteiger partial charge in [0.2, 0.25) is 0 Å². The number of halogens is 1. The van der Waals surface area contributed by atoms with Crippen molar-refractivity contribution in [3.05, 3.63) is 22.3 Å². The lowest BCUT2D eigenvalue weighted by Gasteiger charge is -2.32. The van der Waals surface area contributed by atoms with Crippen molar-refractivity contribution in [2.75, 3.05) is 25.2 Å². The quantitative estimate of drug-likeness (QED) is 0.765. The standard InChI is InChI=1S/C14H23BrN2O/c1-5-13(6-2)17(7-8-18-4)14-11(3)9-12(15)10-16-14/h9-10,13H,5-8H2,1-4H3. The predicted molar refractivity (Wildman–Crippen MR) is 80.3 cm³/mol. The fourth-order valence-electron chi connectivity index (χ4n) is 2.21. The van der Waals surface area contributed by atoms with Gasteiger partial charge in [0.1, 0.15) is 5.82 Å². The molecule has 1 aromatic heterocycles. The van der Waals surface area contributed by atoms with Crippen LogP contribution in [0.3, 0.4) is 0 Å². The Hall–Kier alpha value is -0.610. The minimum Gasteiger partial charge on any atom is -0.383 e. The highest BCUT2D eigenvalue weighted by atomic mass is 79.9. The van der Waals surface area contributed by atoms with Crippen molar-refractivity contribution in [1.29, 1.82) is 0 Å². The number of pyridine rings is 1. The number of nitrogens with zero attached hydrogens (tertiary/aromatic N) is 2. The number of hydrogen-bond acceptors (Lipinski definition) is 3. The molecule has 1 heterocycles. The van der Waals surface area contributed by atoms with Gasteiger partial charge >= 0.3 is 0 Å². The van der Waals surface area contributed by atoms with Crippen molar-refractivity contribution in [3.63, 3.8) is 0 Å². The van der Waals surface area contributed by atoms with Crippen LogP contribution in [0.5, 0.6) is 0 Å². The maximum atomic E-state index is 5.22. The molecule has 1 aromatic rings. The molecule has 102 valence electrons. The van der Waals surface area contributed by atoms with E-state index in [0.717, 1.165) is 36.3 Å². The zero-order valence-electron chi connectivity index (χ0n) is 11.7. The molecule has 0 radical (unpaired) electrons. The third-order valence-electron chi connectivity index (χ3n) is 3.21. The number of rotatable bonds is 7. The van der Waals surface area contributed by atoms with Crippen molar-refractivity contribution in [2.45, 2.75) is 39.7 Å². The van der Waals surface area contributed by atoms with E-state index in [9.17, 15) is 0 Å². The van der Waals surface area contributed by atoms with Crippen LogP contribution >= 0.6 is 15.9 Å². The number of anilines is 1. The molecule has 0 N–H and O–H groups in total. The molecular formula is C14H23BrN2O. The molecule has 0 aliphatic carbocycles. The molecule has 0 atom stereocenters. The van der Waals surface area contributed by atoms with Crippen LogP contribution in [0.15, 0.2) is 16.7 Å². The summed E-state index contributed by atoms with van der Waals surface area (Å²) < 4.78 is 6.25. The lowest BCUT2D eigenvalue weighted by atomic mass is 10.1. The van der Waals surface area contributed by atoms with Crippen molar-refractivity contribution in [1.82, 2.24) is 4.98 Å². The number of aromatic nitrogens is 1. The molecule has 0 bridgehead atoms. The van der Waals surface area contributed by atoms with Crippen LogP contribution in [0, 0.1) is 6.92 Å². The summed E-state index contributed by atoms with van der Waals surface area (Å²) in [6.07, 6.45) is 4.11. The topological polar surface area (TPSA) is 25.4 Å². The lowest BCUT2D eigenvalue weighted by Crippen LogP contribution is -2.38. The van der Waals surface area contributed by atoms with E-state index in [1.54, 1.807) is 7.11 Å². The monoisotopic (exact) mass is 314 g/mol. The summed E-state index contributed by atoms with van der Waals surface area (Å²) in [6.45, 7) is 8.17. The van der Waals surface area contributed by atoms with E-state index in [4.69, 9.17) is 4.74 Å². The highest BCUT2D eigenvalue weighted by Gasteiger charge is 2.18. The Morgan fingerprint density at radius 3 is 2.56 bits per heavy atom. The molecule has 18 heavy (non-hydrogen) atoms. The summed E-state index contributed by atoms with van der Waals surface area (Å²) in [4.78, 5) is 6.94. The van der Waals surface area contributed by atoms with E-state index in [0.29, 0.717) is 6.04 Å². The van der Waals surface area contributed by atoms with Crippen LogP contribution in [-0.2, 0) is 4.74 Å². The molecule has 0 spiro atoms. The first-order chi connectivity index (χ1) is 8.63. The largest absolute Gasteiger partial charge is 0.383 e. The molecule has 0 unspecified atom stereocenters. The van der Waals surface area contributed by atoms with Crippen molar-refractivity contribution in [3.8, 4) is 0 Å². The van der Waals surface area contributed by atoms with E-state index in [1.165, 1.54) is 5.56 Å². The van der Waals surface area contributed by atoms with Gasteiger partial charge in [0, 0.05) is 30.4 Å². The van der Waals surface area contributed by atoms with Gasteiger partial charge < -0.3 is 9.64 Å². The molecule has 0 amide bonds. The highest BCUT2D eigenvalue weighted by Crippen LogP contribution is 2.24. The second kappa shape index (κ2) is 7.74. The summed E-state index contributed by atoms with van der Waals surface area (Å²) in [5.74, 6) is 1.07. The van der Waals surface area contributed by atoms with Crippen LogP contribution in [0.2, 0.25) is 0 Å². The van der Waals surface area contributed by atoms with Crippen LogP contribution in [-0.4, -0.2) is 31.3 Å². The van der Waals surface area contributed by atoms with Crippen LogP contribution in [0.25, 0.3) is 0 Å².